The highest BCUT2D eigenvalue weighted by Crippen LogP contribution is 2.17. The Hall–Kier alpha value is -1.06. The molecular weight excluding hydrogens is 455 g/mol. The van der Waals surface area contributed by atoms with Crippen molar-refractivity contribution in [3.05, 3.63) is 29.8 Å². The average molecular weight is 490 g/mol. The first-order valence-electron chi connectivity index (χ1n) is 9.43. The molecule has 1 aromatic carbocycles. The van der Waals surface area contributed by atoms with E-state index in [9.17, 15) is 0 Å². The minimum absolute atomic E-state index is 0. The van der Waals surface area contributed by atoms with Crippen LogP contribution in [0.1, 0.15) is 18.4 Å². The zero-order valence-corrected chi connectivity index (χ0v) is 19.4. The zero-order valence-electron chi connectivity index (χ0n) is 17.1. The Labute approximate surface area is 181 Å². The van der Waals surface area contributed by atoms with Crippen LogP contribution in [0.3, 0.4) is 0 Å². The van der Waals surface area contributed by atoms with Gasteiger partial charge in [-0.05, 0) is 44.6 Å². The number of aliphatic imine (C=N–C) groups is 1. The van der Waals surface area contributed by atoms with Gasteiger partial charge in [0.1, 0.15) is 5.75 Å². The zero-order chi connectivity index (χ0) is 18.8. The number of ether oxygens (including phenoxy) is 2. The van der Waals surface area contributed by atoms with Gasteiger partial charge in [-0.25, -0.2) is 0 Å². The van der Waals surface area contributed by atoms with Gasteiger partial charge in [-0.15, -0.1) is 24.0 Å². The predicted molar refractivity (Wildman–Crippen MR) is 122 cm³/mol. The number of nitrogens with one attached hydrogen (secondary N) is 1. The van der Waals surface area contributed by atoms with Crippen LogP contribution in [0.25, 0.3) is 0 Å². The van der Waals surface area contributed by atoms with E-state index in [0.717, 1.165) is 63.9 Å². The monoisotopic (exact) mass is 490 g/mol. The molecule has 0 bridgehead atoms. The summed E-state index contributed by atoms with van der Waals surface area (Å²) in [5.74, 6) is 2.49. The smallest absolute Gasteiger partial charge is 0.193 e. The van der Waals surface area contributed by atoms with Crippen LogP contribution in [0.2, 0.25) is 0 Å². The lowest BCUT2D eigenvalue weighted by Gasteiger charge is -2.21. The summed E-state index contributed by atoms with van der Waals surface area (Å²) in [5, 5.41) is 3.46. The Kier molecular flexibility index (Phi) is 11.7. The standard InChI is InChI=1S/C20H34N4O2.HI/c1-21-20(24-12-10-18(15-24)16-25-4)22-14-17-6-8-19(9-7-17)26-13-5-11-23(2)3;/h6-9,18H,5,10-16H2,1-4H3,(H,21,22);1H. The molecule has 1 fully saturated rings. The highest BCUT2D eigenvalue weighted by atomic mass is 127. The topological polar surface area (TPSA) is 49.3 Å². The fourth-order valence-corrected chi connectivity index (χ4v) is 3.18. The predicted octanol–water partition coefficient (Wildman–Crippen LogP) is 2.68. The molecule has 0 saturated carbocycles. The van der Waals surface area contributed by atoms with Gasteiger partial charge in [0, 0.05) is 46.3 Å². The molecule has 0 spiro atoms. The Balaban J connectivity index is 0.00000364. The van der Waals surface area contributed by atoms with Crippen molar-refractivity contribution in [1.29, 1.82) is 0 Å². The van der Waals surface area contributed by atoms with E-state index in [0.29, 0.717) is 5.92 Å². The van der Waals surface area contributed by atoms with Gasteiger partial charge < -0.3 is 24.6 Å². The molecule has 1 aromatic rings. The molecule has 1 heterocycles. The molecule has 154 valence electrons. The van der Waals surface area contributed by atoms with Gasteiger partial charge in [0.2, 0.25) is 0 Å². The van der Waals surface area contributed by atoms with Crippen LogP contribution in [0.5, 0.6) is 5.75 Å². The summed E-state index contributed by atoms with van der Waals surface area (Å²) in [5.41, 5.74) is 1.22. The lowest BCUT2D eigenvalue weighted by Crippen LogP contribution is -2.39. The summed E-state index contributed by atoms with van der Waals surface area (Å²) in [6, 6.07) is 8.30. The van der Waals surface area contributed by atoms with Crippen molar-refractivity contribution in [3.63, 3.8) is 0 Å². The summed E-state index contributed by atoms with van der Waals surface area (Å²) in [6.07, 6.45) is 2.20. The minimum Gasteiger partial charge on any atom is -0.494 e. The molecule has 1 atom stereocenters. The van der Waals surface area contributed by atoms with Crippen molar-refractivity contribution in [2.45, 2.75) is 19.4 Å². The van der Waals surface area contributed by atoms with Gasteiger partial charge in [-0.3, -0.25) is 4.99 Å². The third-order valence-electron chi connectivity index (χ3n) is 4.59. The van der Waals surface area contributed by atoms with Gasteiger partial charge in [-0.2, -0.15) is 0 Å². The number of benzene rings is 1. The van der Waals surface area contributed by atoms with Crippen molar-refractivity contribution >= 4 is 29.9 Å². The van der Waals surface area contributed by atoms with Crippen LogP contribution < -0.4 is 10.1 Å². The molecule has 0 aliphatic carbocycles. The number of likely N-dealkylation sites (tertiary alicyclic amines) is 1. The third-order valence-corrected chi connectivity index (χ3v) is 4.59. The van der Waals surface area contributed by atoms with Crippen LogP contribution in [0.15, 0.2) is 29.3 Å². The second kappa shape index (κ2) is 13.2. The number of rotatable bonds is 9. The van der Waals surface area contributed by atoms with Gasteiger partial charge >= 0.3 is 0 Å². The van der Waals surface area contributed by atoms with Crippen molar-refractivity contribution in [3.8, 4) is 5.75 Å². The normalized spacial score (nSPS) is 17.1. The van der Waals surface area contributed by atoms with Gasteiger partial charge in [0.05, 0.1) is 13.2 Å². The molecule has 0 amide bonds. The van der Waals surface area contributed by atoms with Gasteiger partial charge in [-0.1, -0.05) is 12.1 Å². The van der Waals surface area contributed by atoms with Gasteiger partial charge in [0.25, 0.3) is 0 Å². The maximum atomic E-state index is 5.78. The number of hydrogen-bond donors (Lipinski definition) is 1. The second-order valence-corrected chi connectivity index (χ2v) is 7.11. The first kappa shape index (κ1) is 24.0. The Bertz CT molecular complexity index is 551. The molecule has 1 unspecified atom stereocenters. The summed E-state index contributed by atoms with van der Waals surface area (Å²) in [7, 11) is 7.77. The first-order chi connectivity index (χ1) is 12.6. The van der Waals surface area contributed by atoms with Crippen LogP contribution >= 0.6 is 24.0 Å². The summed E-state index contributed by atoms with van der Waals surface area (Å²) < 4.78 is 11.1. The van der Waals surface area contributed by atoms with E-state index in [1.54, 1.807) is 7.11 Å². The quantitative estimate of drug-likeness (QED) is 0.250. The summed E-state index contributed by atoms with van der Waals surface area (Å²) in [4.78, 5) is 8.90. The van der Waals surface area contributed by atoms with Crippen LogP contribution in [0.4, 0.5) is 0 Å². The molecule has 27 heavy (non-hydrogen) atoms. The van der Waals surface area contributed by atoms with E-state index in [1.807, 2.05) is 19.2 Å². The summed E-state index contributed by atoms with van der Waals surface area (Å²) >= 11 is 0. The molecule has 1 aliphatic rings. The largest absolute Gasteiger partial charge is 0.494 e. The number of nitrogens with zero attached hydrogens (tertiary/aromatic N) is 3. The second-order valence-electron chi connectivity index (χ2n) is 7.11. The van der Waals surface area contributed by atoms with Crippen LogP contribution in [-0.2, 0) is 11.3 Å². The fourth-order valence-electron chi connectivity index (χ4n) is 3.18. The number of hydrogen-bond acceptors (Lipinski definition) is 4. The Morgan fingerprint density at radius 3 is 2.67 bits per heavy atom. The van der Waals surface area contributed by atoms with Crippen molar-refractivity contribution in [1.82, 2.24) is 15.1 Å². The summed E-state index contributed by atoms with van der Waals surface area (Å²) in [6.45, 7) is 5.42. The molecule has 7 heteroatoms. The Morgan fingerprint density at radius 2 is 2.04 bits per heavy atom. The van der Waals surface area contributed by atoms with E-state index >= 15 is 0 Å². The van der Waals surface area contributed by atoms with E-state index < -0.39 is 0 Å². The molecule has 1 aliphatic heterocycles. The number of guanidine groups is 1. The van der Waals surface area contributed by atoms with Crippen LogP contribution in [-0.4, -0.2) is 76.9 Å². The average Bonchev–Trinajstić information content (AvgIpc) is 3.09. The lowest BCUT2D eigenvalue weighted by molar-refractivity contribution is 0.157. The maximum absolute atomic E-state index is 5.78. The van der Waals surface area contributed by atoms with Crippen LogP contribution in [0, 0.1) is 5.92 Å². The molecule has 6 nitrogen and oxygen atoms in total. The molecule has 1 saturated heterocycles. The molecule has 1 N–H and O–H groups in total. The van der Waals surface area contributed by atoms with E-state index in [1.165, 1.54) is 5.56 Å². The fraction of sp³-hybridized carbons (Fsp3) is 0.650. The van der Waals surface area contributed by atoms with E-state index in [2.05, 4.69) is 46.3 Å². The van der Waals surface area contributed by atoms with Crippen molar-refractivity contribution in [2.24, 2.45) is 10.9 Å². The molecular formula is C20H35IN4O2. The van der Waals surface area contributed by atoms with Gasteiger partial charge in [0.15, 0.2) is 5.96 Å². The molecule has 0 aromatic heterocycles. The van der Waals surface area contributed by atoms with E-state index in [-0.39, 0.29) is 24.0 Å². The lowest BCUT2D eigenvalue weighted by atomic mass is 10.1. The highest BCUT2D eigenvalue weighted by Gasteiger charge is 2.24. The number of halogens is 1. The Morgan fingerprint density at radius 1 is 1.30 bits per heavy atom. The molecule has 0 radical (unpaired) electrons. The SMILES string of the molecule is CN=C(NCc1ccc(OCCCN(C)C)cc1)N1CCC(COC)C1.I. The first-order valence-corrected chi connectivity index (χ1v) is 9.43. The molecule has 2 rings (SSSR count). The van der Waals surface area contributed by atoms with Crippen molar-refractivity contribution < 1.29 is 9.47 Å². The highest BCUT2D eigenvalue weighted by molar-refractivity contribution is 14.0. The number of methoxy groups -OCH3 is 1. The van der Waals surface area contributed by atoms with Crippen molar-refractivity contribution in [2.75, 3.05) is 61.1 Å². The maximum Gasteiger partial charge on any atom is 0.193 e. The third kappa shape index (κ3) is 8.66. The minimum atomic E-state index is 0. The van der Waals surface area contributed by atoms with E-state index in [4.69, 9.17) is 9.47 Å².